The second-order valence-corrected chi connectivity index (χ2v) is 8.81. The molecule has 0 amide bonds. The number of ether oxygens (including phenoxy) is 1. The van der Waals surface area contributed by atoms with Gasteiger partial charge in [-0.05, 0) is 37.3 Å². The smallest absolute Gasteiger partial charge is 0.302 e. The van der Waals surface area contributed by atoms with Gasteiger partial charge in [0.1, 0.15) is 6.10 Å². The molecule has 6 aliphatic rings. The molecular weight excluding hydrogens is 328 g/mol. The molecule has 1 N–H and O–H groups in total. The Labute approximate surface area is 153 Å². The third kappa shape index (κ3) is 1.49. The Morgan fingerprint density at radius 1 is 1.42 bits per heavy atom. The number of piperidine rings is 4. The first-order chi connectivity index (χ1) is 12.6. The van der Waals surface area contributed by atoms with Gasteiger partial charge < -0.3 is 9.84 Å². The minimum Gasteiger partial charge on any atom is -0.461 e. The molecule has 5 nitrogen and oxygen atoms in total. The Bertz CT molecular complexity index is 851. The molecule has 9 atom stereocenters. The molecule has 5 aliphatic heterocycles. The molecule has 4 saturated heterocycles. The SMILES string of the molecule is CC(=O)O[C@@H]1C2[C@@H]3C[C@H]4C5=Nc6ccccc6C51C[C@@H]2N4[C@@H](C)[C@@H]3CO. The summed E-state index contributed by atoms with van der Waals surface area (Å²) in [5, 5.41) is 10.1. The van der Waals surface area contributed by atoms with Crippen LogP contribution in [0.15, 0.2) is 29.3 Å². The van der Waals surface area contributed by atoms with E-state index in [1.807, 2.05) is 6.07 Å². The lowest BCUT2D eigenvalue weighted by atomic mass is 9.62. The van der Waals surface area contributed by atoms with Gasteiger partial charge in [0.05, 0.1) is 22.9 Å². The highest BCUT2D eigenvalue weighted by atomic mass is 16.5. The number of benzene rings is 1. The molecule has 5 heterocycles. The molecule has 1 spiro atoms. The third-order valence-corrected chi connectivity index (χ3v) is 8.09. The fourth-order valence-corrected chi connectivity index (χ4v) is 7.42. The van der Waals surface area contributed by atoms with Gasteiger partial charge in [-0.1, -0.05) is 18.2 Å². The lowest BCUT2D eigenvalue weighted by Gasteiger charge is -2.61. The maximum atomic E-state index is 12.1. The van der Waals surface area contributed by atoms with Gasteiger partial charge in [-0.2, -0.15) is 0 Å². The van der Waals surface area contributed by atoms with Crippen LogP contribution >= 0.6 is 0 Å². The monoisotopic (exact) mass is 352 g/mol. The summed E-state index contributed by atoms with van der Waals surface area (Å²) in [6.07, 6.45) is 1.86. The van der Waals surface area contributed by atoms with Crippen molar-refractivity contribution in [3.8, 4) is 0 Å². The fraction of sp³-hybridized carbons (Fsp3) is 0.619. The number of nitrogens with zero attached hydrogens (tertiary/aromatic N) is 2. The predicted molar refractivity (Wildman–Crippen MR) is 96.4 cm³/mol. The van der Waals surface area contributed by atoms with Crippen LogP contribution in [-0.4, -0.2) is 52.5 Å². The molecule has 5 heteroatoms. The molecule has 1 saturated carbocycles. The lowest BCUT2D eigenvalue weighted by molar-refractivity contribution is -0.160. The summed E-state index contributed by atoms with van der Waals surface area (Å²) in [6, 6.07) is 9.49. The average Bonchev–Trinajstić information content (AvgIpc) is 3.08. The molecule has 1 aromatic rings. The van der Waals surface area contributed by atoms with Crippen LogP contribution in [0, 0.1) is 17.8 Å². The normalized spacial score (nSPS) is 49.0. The number of fused-ring (bicyclic) bond motifs is 2. The zero-order valence-corrected chi connectivity index (χ0v) is 15.1. The van der Waals surface area contributed by atoms with E-state index in [1.54, 1.807) is 0 Å². The van der Waals surface area contributed by atoms with Crippen LogP contribution in [0.1, 0.15) is 32.3 Å². The highest BCUT2D eigenvalue weighted by Crippen LogP contribution is 2.67. The van der Waals surface area contributed by atoms with Gasteiger partial charge in [0.25, 0.3) is 0 Å². The van der Waals surface area contributed by atoms with Gasteiger partial charge in [-0.15, -0.1) is 0 Å². The van der Waals surface area contributed by atoms with Crippen molar-refractivity contribution in [2.75, 3.05) is 6.61 Å². The number of aliphatic imine (C=N–C) groups is 1. The van der Waals surface area contributed by atoms with Gasteiger partial charge in [-0.25, -0.2) is 0 Å². The van der Waals surface area contributed by atoms with Crippen LogP contribution in [0.25, 0.3) is 0 Å². The maximum Gasteiger partial charge on any atom is 0.302 e. The van der Waals surface area contributed by atoms with Gasteiger partial charge >= 0.3 is 5.97 Å². The number of carbonyl (C=O) groups is 1. The van der Waals surface area contributed by atoms with Crippen LogP contribution in [0.2, 0.25) is 0 Å². The average molecular weight is 352 g/mol. The summed E-state index contributed by atoms with van der Waals surface area (Å²) in [5.41, 5.74) is 3.26. The zero-order valence-electron chi connectivity index (χ0n) is 15.1. The zero-order chi connectivity index (χ0) is 17.8. The number of aliphatic hydroxyl groups excluding tert-OH is 1. The predicted octanol–water partition coefficient (Wildman–Crippen LogP) is 2.05. The number of rotatable bonds is 2. The lowest BCUT2D eigenvalue weighted by Crippen LogP contribution is -2.70. The Kier molecular flexibility index (Phi) is 2.81. The van der Waals surface area contributed by atoms with Crippen LogP contribution in [0.5, 0.6) is 0 Å². The minimum atomic E-state index is -0.252. The molecular formula is C21H24N2O3. The van der Waals surface area contributed by atoms with Crippen LogP contribution in [0.3, 0.4) is 0 Å². The summed E-state index contributed by atoms with van der Waals surface area (Å²) in [6.45, 7) is 3.99. The summed E-state index contributed by atoms with van der Waals surface area (Å²) < 4.78 is 6.07. The van der Waals surface area contributed by atoms with Crippen molar-refractivity contribution >= 4 is 17.4 Å². The number of hydrogen-bond donors (Lipinski definition) is 1. The number of hydrogen-bond acceptors (Lipinski definition) is 5. The van der Waals surface area contributed by atoms with Crippen molar-refractivity contribution < 1.29 is 14.6 Å². The highest BCUT2D eigenvalue weighted by Gasteiger charge is 2.75. The van der Waals surface area contributed by atoms with Gasteiger partial charge in [-0.3, -0.25) is 14.7 Å². The Balaban J connectivity index is 1.60. The van der Waals surface area contributed by atoms with E-state index in [-0.39, 0.29) is 30.0 Å². The highest BCUT2D eigenvalue weighted by molar-refractivity contribution is 6.08. The van der Waals surface area contributed by atoms with E-state index < -0.39 is 0 Å². The molecule has 7 rings (SSSR count). The van der Waals surface area contributed by atoms with E-state index in [9.17, 15) is 9.90 Å². The molecule has 26 heavy (non-hydrogen) atoms. The van der Waals surface area contributed by atoms with E-state index in [4.69, 9.17) is 9.73 Å². The first-order valence-electron chi connectivity index (χ1n) is 9.82. The quantitative estimate of drug-likeness (QED) is 0.828. The first kappa shape index (κ1) is 15.3. The maximum absolute atomic E-state index is 12.1. The number of esters is 1. The second kappa shape index (κ2) is 4.76. The summed E-state index contributed by atoms with van der Waals surface area (Å²) in [7, 11) is 0. The van der Waals surface area contributed by atoms with E-state index in [2.05, 4.69) is 30.0 Å². The molecule has 1 aliphatic carbocycles. The van der Waals surface area contributed by atoms with Gasteiger partial charge in [0, 0.05) is 37.5 Å². The van der Waals surface area contributed by atoms with Crippen molar-refractivity contribution in [1.29, 1.82) is 0 Å². The van der Waals surface area contributed by atoms with Crippen molar-refractivity contribution in [3.05, 3.63) is 29.8 Å². The Hall–Kier alpha value is -1.72. The van der Waals surface area contributed by atoms with Crippen molar-refractivity contribution in [3.63, 3.8) is 0 Å². The molecule has 0 radical (unpaired) electrons. The summed E-state index contributed by atoms with van der Waals surface area (Å²) >= 11 is 0. The van der Waals surface area contributed by atoms with Crippen LogP contribution < -0.4 is 0 Å². The van der Waals surface area contributed by atoms with E-state index in [0.29, 0.717) is 30.0 Å². The third-order valence-electron chi connectivity index (χ3n) is 8.09. The molecule has 136 valence electrons. The molecule has 5 fully saturated rings. The number of carbonyl (C=O) groups excluding carboxylic acids is 1. The van der Waals surface area contributed by atoms with Crippen molar-refractivity contribution in [1.82, 2.24) is 4.90 Å². The van der Waals surface area contributed by atoms with E-state index in [0.717, 1.165) is 18.5 Å². The molecule has 5 bridgehead atoms. The topological polar surface area (TPSA) is 62.1 Å². The minimum absolute atomic E-state index is 0.158. The first-order valence-corrected chi connectivity index (χ1v) is 9.82. The molecule has 0 aromatic heterocycles. The summed E-state index contributed by atoms with van der Waals surface area (Å²) in [4.78, 5) is 19.8. The molecule has 3 unspecified atom stereocenters. The van der Waals surface area contributed by atoms with E-state index in [1.165, 1.54) is 18.2 Å². The number of aliphatic hydroxyl groups is 1. The van der Waals surface area contributed by atoms with Crippen LogP contribution in [-0.2, 0) is 14.9 Å². The Morgan fingerprint density at radius 2 is 2.23 bits per heavy atom. The molecule has 1 aromatic carbocycles. The largest absolute Gasteiger partial charge is 0.461 e. The summed E-state index contributed by atoms with van der Waals surface area (Å²) in [5.74, 6) is 0.750. The van der Waals surface area contributed by atoms with Gasteiger partial charge in [0.2, 0.25) is 0 Å². The van der Waals surface area contributed by atoms with Crippen molar-refractivity contribution in [2.45, 2.75) is 56.3 Å². The standard InChI is InChI=1S/C21H24N2O3/c1-10-13(9-24)12-7-16-19-21(14-5-3-4-6-15(14)22-19)8-17(23(10)16)18(12)20(21)26-11(2)25/h3-6,10,12-13,16-18,20,24H,7-9H2,1-2H3/t10-,12+,13-,16-,17-,18?,20+,21?/m0/s1. The fourth-order valence-electron chi connectivity index (χ4n) is 7.42. The Morgan fingerprint density at radius 3 is 3.00 bits per heavy atom. The van der Waals surface area contributed by atoms with Crippen molar-refractivity contribution in [2.24, 2.45) is 22.7 Å². The van der Waals surface area contributed by atoms with Crippen LogP contribution in [0.4, 0.5) is 5.69 Å². The van der Waals surface area contributed by atoms with Gasteiger partial charge in [0.15, 0.2) is 0 Å². The second-order valence-electron chi connectivity index (χ2n) is 8.81. The number of para-hydroxylation sites is 1. The van der Waals surface area contributed by atoms with E-state index >= 15 is 0 Å².